The summed E-state index contributed by atoms with van der Waals surface area (Å²) in [7, 11) is 0. The normalized spacial score (nSPS) is 16.1. The Hall–Kier alpha value is -2.92. The minimum absolute atomic E-state index is 0.188. The second-order valence-corrected chi connectivity index (χ2v) is 8.29. The second-order valence-electron chi connectivity index (χ2n) is 7.85. The molecule has 2 N–H and O–H groups in total. The van der Waals surface area contributed by atoms with Crippen molar-refractivity contribution in [2.75, 3.05) is 18.8 Å². The Bertz CT molecular complexity index is 1050. The predicted octanol–water partition coefficient (Wildman–Crippen LogP) is 4.64. The van der Waals surface area contributed by atoms with E-state index >= 15 is 0 Å². The summed E-state index contributed by atoms with van der Waals surface area (Å²) in [6, 6.07) is 15.7. The van der Waals surface area contributed by atoms with Crippen LogP contribution in [0.4, 0.5) is 5.82 Å². The van der Waals surface area contributed by atoms with Gasteiger partial charge in [-0.1, -0.05) is 23.7 Å². The number of carbonyl (C=O) groups excluding carboxylic acids is 1. The molecule has 1 fully saturated rings. The molecule has 1 atom stereocenters. The second kappa shape index (κ2) is 8.84. The van der Waals surface area contributed by atoms with Gasteiger partial charge in [0.05, 0.1) is 0 Å². The lowest BCUT2D eigenvalue weighted by atomic mass is 9.99. The lowest BCUT2D eigenvalue weighted by Gasteiger charge is -2.17. The number of carbonyl (C=O) groups is 1. The van der Waals surface area contributed by atoms with Gasteiger partial charge in [0.15, 0.2) is 0 Å². The smallest absolute Gasteiger partial charge is 0.222 e. The molecule has 1 aliphatic heterocycles. The fourth-order valence-electron chi connectivity index (χ4n) is 3.98. The van der Waals surface area contributed by atoms with Gasteiger partial charge in [-0.15, -0.1) is 0 Å². The summed E-state index contributed by atoms with van der Waals surface area (Å²) in [5.41, 5.74) is 10.9. The number of hydrogen-bond acceptors (Lipinski definition) is 4. The Kier molecular flexibility index (Phi) is 6.00. The molecule has 1 saturated heterocycles. The van der Waals surface area contributed by atoms with Crippen LogP contribution in [0.3, 0.4) is 0 Å². The molecule has 0 spiro atoms. The van der Waals surface area contributed by atoms with Crippen LogP contribution >= 0.6 is 11.6 Å². The summed E-state index contributed by atoms with van der Waals surface area (Å²) in [6.45, 7) is 3.48. The van der Waals surface area contributed by atoms with E-state index in [0.29, 0.717) is 30.2 Å². The first kappa shape index (κ1) is 20.4. The van der Waals surface area contributed by atoms with E-state index in [2.05, 4.69) is 17.1 Å². The van der Waals surface area contributed by atoms with Gasteiger partial charge in [0.1, 0.15) is 5.82 Å². The van der Waals surface area contributed by atoms with E-state index in [1.54, 1.807) is 12.3 Å². The largest absolute Gasteiger partial charge is 0.384 e. The fraction of sp³-hybridized carbons (Fsp3) is 0.292. The molecule has 0 saturated carbocycles. The van der Waals surface area contributed by atoms with E-state index in [4.69, 9.17) is 22.3 Å². The summed E-state index contributed by atoms with van der Waals surface area (Å²) in [5, 5.41) is 0.707. The standard InChI is InChI=1S/C24H25ClN4O/c1-16-11-20(18-6-7-23(26)27-14-18)13-22(28-16)19-9-10-29(15-19)24(30)8-5-17-3-2-4-21(25)12-17/h2-4,6-7,11-14,19H,5,8-10,15H2,1H3,(H2,26,27)/t19-/m1/s1. The van der Waals surface area contributed by atoms with E-state index in [1.165, 1.54) is 0 Å². The van der Waals surface area contributed by atoms with Gasteiger partial charge in [-0.25, -0.2) is 4.98 Å². The number of nitrogens with two attached hydrogens (primary N) is 1. The van der Waals surface area contributed by atoms with Gasteiger partial charge >= 0.3 is 0 Å². The van der Waals surface area contributed by atoms with Crippen LogP contribution in [-0.4, -0.2) is 33.9 Å². The molecule has 0 aliphatic carbocycles. The number of anilines is 1. The van der Waals surface area contributed by atoms with Crippen LogP contribution < -0.4 is 5.73 Å². The van der Waals surface area contributed by atoms with Gasteiger partial charge in [0.2, 0.25) is 5.91 Å². The first-order valence-electron chi connectivity index (χ1n) is 10.2. The van der Waals surface area contributed by atoms with Crippen molar-refractivity contribution in [3.63, 3.8) is 0 Å². The van der Waals surface area contributed by atoms with E-state index in [9.17, 15) is 4.79 Å². The summed E-state index contributed by atoms with van der Waals surface area (Å²) < 4.78 is 0. The maximum Gasteiger partial charge on any atom is 0.222 e. The maximum atomic E-state index is 12.7. The average Bonchev–Trinajstić information content (AvgIpc) is 3.23. The first-order valence-corrected chi connectivity index (χ1v) is 10.6. The number of nitrogens with zero attached hydrogens (tertiary/aromatic N) is 3. The zero-order valence-corrected chi connectivity index (χ0v) is 17.8. The number of aryl methyl sites for hydroxylation is 2. The SMILES string of the molecule is Cc1cc(-c2ccc(N)nc2)cc([C@@H]2CCN(C(=O)CCc3cccc(Cl)c3)C2)n1. The molecule has 2 aromatic heterocycles. The van der Waals surface area contributed by atoms with Crippen molar-refractivity contribution < 1.29 is 4.79 Å². The quantitative estimate of drug-likeness (QED) is 0.652. The number of likely N-dealkylation sites (tertiary alicyclic amines) is 1. The third kappa shape index (κ3) is 4.79. The summed E-state index contributed by atoms with van der Waals surface area (Å²) in [4.78, 5) is 23.6. The topological polar surface area (TPSA) is 72.1 Å². The van der Waals surface area contributed by atoms with E-state index in [0.717, 1.165) is 41.0 Å². The number of amides is 1. The van der Waals surface area contributed by atoms with Gasteiger partial charge in [-0.2, -0.15) is 0 Å². The molecule has 1 aliphatic rings. The summed E-state index contributed by atoms with van der Waals surface area (Å²) in [6.07, 6.45) is 3.92. The van der Waals surface area contributed by atoms with Crippen LogP contribution in [0.5, 0.6) is 0 Å². The molecule has 1 aromatic carbocycles. The van der Waals surface area contributed by atoms with Gasteiger partial charge < -0.3 is 10.6 Å². The average molecular weight is 421 g/mol. The first-order chi connectivity index (χ1) is 14.5. The van der Waals surface area contributed by atoms with Crippen LogP contribution in [0, 0.1) is 6.92 Å². The van der Waals surface area contributed by atoms with E-state index < -0.39 is 0 Å². The van der Waals surface area contributed by atoms with Crippen LogP contribution in [-0.2, 0) is 11.2 Å². The molecule has 3 heterocycles. The number of pyridine rings is 2. The lowest BCUT2D eigenvalue weighted by Crippen LogP contribution is -2.28. The number of nitrogen functional groups attached to an aromatic ring is 1. The number of aromatic nitrogens is 2. The molecule has 3 aromatic rings. The molecular formula is C24H25ClN4O. The van der Waals surface area contributed by atoms with Crippen molar-refractivity contribution in [3.05, 3.63) is 76.7 Å². The van der Waals surface area contributed by atoms with Crippen LogP contribution in [0.1, 0.15) is 35.7 Å². The van der Waals surface area contributed by atoms with Crippen molar-refractivity contribution in [2.24, 2.45) is 0 Å². The minimum Gasteiger partial charge on any atom is -0.384 e. The Labute approximate surface area is 181 Å². The number of hydrogen-bond donors (Lipinski definition) is 1. The van der Waals surface area contributed by atoms with Crippen molar-refractivity contribution in [2.45, 2.75) is 32.1 Å². The van der Waals surface area contributed by atoms with Crippen molar-refractivity contribution in [1.82, 2.24) is 14.9 Å². The summed E-state index contributed by atoms with van der Waals surface area (Å²) in [5.74, 6) is 0.945. The highest BCUT2D eigenvalue weighted by atomic mass is 35.5. The summed E-state index contributed by atoms with van der Waals surface area (Å²) >= 11 is 6.04. The molecule has 4 rings (SSSR count). The van der Waals surface area contributed by atoms with Crippen molar-refractivity contribution in [3.8, 4) is 11.1 Å². The fourth-order valence-corrected chi connectivity index (χ4v) is 4.19. The van der Waals surface area contributed by atoms with Gasteiger partial charge in [0.25, 0.3) is 0 Å². The highest BCUT2D eigenvalue weighted by molar-refractivity contribution is 6.30. The highest BCUT2D eigenvalue weighted by Crippen LogP contribution is 2.30. The molecule has 154 valence electrons. The van der Waals surface area contributed by atoms with Crippen LogP contribution in [0.15, 0.2) is 54.7 Å². The molecule has 30 heavy (non-hydrogen) atoms. The Morgan fingerprint density at radius 1 is 1.20 bits per heavy atom. The lowest BCUT2D eigenvalue weighted by molar-refractivity contribution is -0.130. The highest BCUT2D eigenvalue weighted by Gasteiger charge is 2.28. The minimum atomic E-state index is 0.188. The molecule has 0 radical (unpaired) electrons. The zero-order valence-electron chi connectivity index (χ0n) is 17.0. The molecular weight excluding hydrogens is 396 g/mol. The predicted molar refractivity (Wildman–Crippen MR) is 120 cm³/mol. The number of benzene rings is 1. The van der Waals surface area contributed by atoms with Crippen molar-refractivity contribution in [1.29, 1.82) is 0 Å². The van der Waals surface area contributed by atoms with Crippen LogP contribution in [0.25, 0.3) is 11.1 Å². The van der Waals surface area contributed by atoms with Gasteiger partial charge in [-0.05, 0) is 67.3 Å². The molecule has 0 unspecified atom stereocenters. The maximum absolute atomic E-state index is 12.7. The third-order valence-corrected chi connectivity index (χ3v) is 5.80. The Balaban J connectivity index is 1.42. The van der Waals surface area contributed by atoms with E-state index in [-0.39, 0.29) is 11.8 Å². The molecule has 1 amide bonds. The monoisotopic (exact) mass is 420 g/mol. The molecule has 6 heteroatoms. The zero-order chi connectivity index (χ0) is 21.1. The Morgan fingerprint density at radius 3 is 2.83 bits per heavy atom. The number of rotatable bonds is 5. The number of halogens is 1. The van der Waals surface area contributed by atoms with E-state index in [1.807, 2.05) is 42.2 Å². The van der Waals surface area contributed by atoms with Crippen molar-refractivity contribution >= 4 is 23.3 Å². The Morgan fingerprint density at radius 2 is 2.07 bits per heavy atom. The van der Waals surface area contributed by atoms with Crippen LogP contribution in [0.2, 0.25) is 5.02 Å². The molecule has 5 nitrogen and oxygen atoms in total. The third-order valence-electron chi connectivity index (χ3n) is 5.57. The molecule has 0 bridgehead atoms. The van der Waals surface area contributed by atoms with Gasteiger partial charge in [0, 0.05) is 53.6 Å². The van der Waals surface area contributed by atoms with Gasteiger partial charge in [-0.3, -0.25) is 9.78 Å².